The van der Waals surface area contributed by atoms with Crippen LogP contribution in [0.2, 0.25) is 10.0 Å². The Balaban J connectivity index is 0.000000164. The first-order valence-electron chi connectivity index (χ1n) is 24.8. The van der Waals surface area contributed by atoms with E-state index in [1.807, 2.05) is 109 Å². The van der Waals surface area contributed by atoms with Gasteiger partial charge in [-0.2, -0.15) is 0 Å². The molecule has 3 saturated heterocycles. The van der Waals surface area contributed by atoms with Crippen molar-refractivity contribution in [2.24, 2.45) is 0 Å². The Bertz CT molecular complexity index is 2920. The van der Waals surface area contributed by atoms with E-state index in [9.17, 15) is 28.8 Å². The highest BCUT2D eigenvalue weighted by molar-refractivity contribution is 6.30. The zero-order chi connectivity index (χ0) is 53.9. The molecule has 9 rings (SSSR count). The summed E-state index contributed by atoms with van der Waals surface area (Å²) in [4.78, 5) is 89.5. The number of hydrogen-bond acceptors (Lipinski definition) is 8. The molecule has 5 aromatic carbocycles. The average molecular weight is 1050 g/mol. The third-order valence-corrected chi connectivity index (χ3v) is 14.4. The molecule has 0 radical (unpaired) electrons. The molecule has 6 aromatic rings. The van der Waals surface area contributed by atoms with Crippen LogP contribution in [-0.4, -0.2) is 122 Å². The van der Waals surface area contributed by atoms with Gasteiger partial charge < -0.3 is 34.1 Å². The van der Waals surface area contributed by atoms with Crippen LogP contribution in [-0.2, 0) is 54.5 Å². The van der Waals surface area contributed by atoms with E-state index >= 15 is 0 Å². The molecule has 0 N–H and O–H groups in total. The maximum atomic E-state index is 12.9. The number of hydrogen-bond donors (Lipinski definition) is 0. The van der Waals surface area contributed by atoms with Gasteiger partial charge in [-0.1, -0.05) is 126 Å². The topological polar surface area (TPSA) is 144 Å². The highest BCUT2D eigenvalue weighted by atomic mass is 35.5. The Kier molecular flexibility index (Phi) is 18.5. The number of nitrogens with zero attached hydrogens (tertiary/aromatic N) is 7. The number of carbonyl (C=O) groups is 6. The second-order valence-corrected chi connectivity index (χ2v) is 19.7. The van der Waals surface area contributed by atoms with E-state index in [2.05, 4.69) is 17.1 Å². The van der Waals surface area contributed by atoms with Crippen LogP contribution < -0.4 is 4.74 Å². The van der Waals surface area contributed by atoms with Gasteiger partial charge in [0.25, 0.3) is 0 Å². The molecule has 3 aliphatic rings. The summed E-state index contributed by atoms with van der Waals surface area (Å²) < 4.78 is 5.17. The molecule has 75 heavy (non-hydrogen) atoms. The number of pyridine rings is 1. The molecule has 390 valence electrons. The molecule has 0 aliphatic carbocycles. The van der Waals surface area contributed by atoms with Gasteiger partial charge in [-0.05, 0) is 88.7 Å². The lowest BCUT2D eigenvalue weighted by atomic mass is 10.0. The van der Waals surface area contributed by atoms with E-state index in [4.69, 9.17) is 27.9 Å². The Labute approximate surface area is 449 Å². The molecular weight excluding hydrogens is 990 g/mol. The highest BCUT2D eigenvalue weighted by Gasteiger charge is 2.48. The quantitative estimate of drug-likeness (QED) is 0.118. The zero-order valence-electron chi connectivity index (χ0n) is 43.3. The van der Waals surface area contributed by atoms with Crippen molar-refractivity contribution >= 4 is 58.6 Å². The van der Waals surface area contributed by atoms with Crippen molar-refractivity contribution in [1.29, 1.82) is 0 Å². The van der Waals surface area contributed by atoms with Gasteiger partial charge in [0.05, 0.1) is 7.11 Å². The second kappa shape index (κ2) is 25.1. The first kappa shape index (κ1) is 55.2. The normalized spacial score (nSPS) is 20.1. The van der Waals surface area contributed by atoms with Crippen molar-refractivity contribution in [2.75, 3.05) is 28.3 Å². The summed E-state index contributed by atoms with van der Waals surface area (Å²) >= 11 is 11.9. The summed E-state index contributed by atoms with van der Waals surface area (Å²) in [5.74, 6) is 0.313. The number of amides is 6. The maximum Gasteiger partial charge on any atom is 0.247 e. The lowest BCUT2D eigenvalue weighted by molar-refractivity contribution is -0.134. The van der Waals surface area contributed by atoms with Crippen LogP contribution in [0.25, 0.3) is 0 Å². The Morgan fingerprint density at radius 1 is 0.493 bits per heavy atom. The van der Waals surface area contributed by atoms with Crippen molar-refractivity contribution in [3.63, 3.8) is 0 Å². The van der Waals surface area contributed by atoms with Gasteiger partial charge >= 0.3 is 0 Å². The SMILES string of the molecule is CC(=O)N1C(Cc2ccccc2)C(=O)N(C)C1CCc1ccccc1.CC(=O)N1C(Cc2cccnc2)C(=O)N(C)C1c1ccc(Cl)cc1.COc1ccc(CC2C(=O)N(C)C(c3ccc(Cl)cc3)N2C(C)=O)cc1. The van der Waals surface area contributed by atoms with E-state index in [-0.39, 0.29) is 41.6 Å². The van der Waals surface area contributed by atoms with Crippen molar-refractivity contribution in [2.45, 2.75) is 89.5 Å². The number of rotatable bonds is 12. The third kappa shape index (κ3) is 13.0. The van der Waals surface area contributed by atoms with E-state index in [1.54, 1.807) is 101 Å². The number of aromatic nitrogens is 1. The summed E-state index contributed by atoms with van der Waals surface area (Å²) in [6.45, 7) is 4.54. The number of carbonyl (C=O) groups excluding carboxylic acids is 6. The zero-order valence-corrected chi connectivity index (χ0v) is 44.8. The van der Waals surface area contributed by atoms with Gasteiger partial charge in [0, 0.05) is 83.6 Å². The minimum absolute atomic E-state index is 0.0251. The fourth-order valence-corrected chi connectivity index (χ4v) is 10.5. The molecular formula is C59H63Cl2N7O7. The lowest BCUT2D eigenvalue weighted by Crippen LogP contribution is -2.43. The second-order valence-electron chi connectivity index (χ2n) is 18.8. The van der Waals surface area contributed by atoms with Gasteiger partial charge in [0.1, 0.15) is 42.4 Å². The number of aryl methyl sites for hydroxylation is 1. The molecule has 16 heteroatoms. The molecule has 3 fully saturated rings. The monoisotopic (exact) mass is 1050 g/mol. The molecule has 1 aromatic heterocycles. The van der Waals surface area contributed by atoms with E-state index in [0.29, 0.717) is 29.3 Å². The van der Waals surface area contributed by atoms with Crippen LogP contribution in [0.15, 0.2) is 158 Å². The van der Waals surface area contributed by atoms with Gasteiger partial charge in [-0.15, -0.1) is 0 Å². The molecule has 4 heterocycles. The molecule has 14 nitrogen and oxygen atoms in total. The summed E-state index contributed by atoms with van der Waals surface area (Å²) in [5.41, 5.74) is 5.91. The van der Waals surface area contributed by atoms with E-state index in [1.165, 1.54) is 19.4 Å². The first-order chi connectivity index (χ1) is 36.0. The standard InChI is InChI=1S/C21H24N2O2.C20H21ClN2O3.C18H18ClN3O2/c1-16(24)23-19(15-18-11-7-4-8-12-18)21(25)22(2)20(23)14-13-17-9-5-3-6-10-17;1-13(24)23-18(12-14-4-10-17(26-3)11-5-14)20(25)22(2)19(23)15-6-8-16(21)9-7-15;1-12(23)22-16(10-13-4-3-9-20-11-13)18(24)21(2)17(22)14-5-7-15(19)8-6-14/h3-12,19-20H,13-15H2,1-2H3;4-11,18-19H,12H2,1-3H3;3-9,11,16-17H,10H2,1-2H3. The summed E-state index contributed by atoms with van der Waals surface area (Å²) in [6.07, 6.45) is 5.42. The summed E-state index contributed by atoms with van der Waals surface area (Å²) in [5, 5.41) is 1.23. The van der Waals surface area contributed by atoms with Crippen LogP contribution in [0.5, 0.6) is 5.75 Å². The maximum absolute atomic E-state index is 12.9. The summed E-state index contributed by atoms with van der Waals surface area (Å²) in [7, 11) is 6.87. The number of likely N-dealkylation sites (N-methyl/N-ethyl adjacent to an activating group) is 3. The van der Waals surface area contributed by atoms with Crippen LogP contribution in [0.3, 0.4) is 0 Å². The number of halogens is 2. The molecule has 0 saturated carbocycles. The number of benzene rings is 5. The molecule has 6 atom stereocenters. The van der Waals surface area contributed by atoms with Gasteiger partial charge in [0.15, 0.2) is 0 Å². The molecule has 3 aliphatic heterocycles. The molecule has 6 amide bonds. The Morgan fingerprint density at radius 2 is 0.893 bits per heavy atom. The van der Waals surface area contributed by atoms with Crippen LogP contribution in [0.1, 0.15) is 72.9 Å². The van der Waals surface area contributed by atoms with Gasteiger partial charge in [-0.3, -0.25) is 33.8 Å². The fraction of sp³-hybridized carbons (Fsp3) is 0.305. The van der Waals surface area contributed by atoms with Crippen LogP contribution >= 0.6 is 23.2 Å². The van der Waals surface area contributed by atoms with Crippen LogP contribution in [0, 0.1) is 0 Å². The molecule has 6 unspecified atom stereocenters. The van der Waals surface area contributed by atoms with Crippen LogP contribution in [0.4, 0.5) is 0 Å². The van der Waals surface area contributed by atoms with Gasteiger partial charge in [0.2, 0.25) is 35.4 Å². The Hall–Kier alpha value is -7.55. The fourth-order valence-electron chi connectivity index (χ4n) is 10.2. The number of ether oxygens (including phenoxy) is 1. The van der Waals surface area contributed by atoms with Crippen molar-refractivity contribution in [1.82, 2.24) is 34.4 Å². The number of methoxy groups -OCH3 is 1. The largest absolute Gasteiger partial charge is 0.497 e. The van der Waals surface area contributed by atoms with Crippen molar-refractivity contribution < 1.29 is 33.5 Å². The van der Waals surface area contributed by atoms with E-state index < -0.39 is 30.5 Å². The predicted molar refractivity (Wildman–Crippen MR) is 289 cm³/mol. The smallest absolute Gasteiger partial charge is 0.247 e. The first-order valence-corrected chi connectivity index (χ1v) is 25.5. The molecule has 0 bridgehead atoms. The van der Waals surface area contributed by atoms with Gasteiger partial charge in [-0.25, -0.2) is 0 Å². The van der Waals surface area contributed by atoms with Crippen molar-refractivity contribution in [3.8, 4) is 5.75 Å². The predicted octanol–water partition coefficient (Wildman–Crippen LogP) is 8.82. The van der Waals surface area contributed by atoms with E-state index in [0.717, 1.165) is 46.4 Å². The molecule has 0 spiro atoms. The third-order valence-electron chi connectivity index (χ3n) is 13.9. The Morgan fingerprint density at radius 3 is 1.32 bits per heavy atom. The van der Waals surface area contributed by atoms with Crippen molar-refractivity contribution in [3.05, 3.63) is 201 Å². The minimum atomic E-state index is -0.536. The minimum Gasteiger partial charge on any atom is -0.497 e. The summed E-state index contributed by atoms with van der Waals surface area (Å²) in [6, 6.07) is 44.3. The lowest BCUT2D eigenvalue weighted by Gasteiger charge is -2.29. The highest BCUT2D eigenvalue weighted by Crippen LogP contribution is 2.37. The average Bonchev–Trinajstić information content (AvgIpc) is 3.92.